The van der Waals surface area contributed by atoms with Crippen LogP contribution in [0.25, 0.3) is 0 Å². The highest BCUT2D eigenvalue weighted by Gasteiger charge is 2.30. The first-order valence-electron chi connectivity index (χ1n) is 8.37. The van der Waals surface area contributed by atoms with E-state index >= 15 is 0 Å². The zero-order chi connectivity index (χ0) is 18.0. The number of nitrogens with zero attached hydrogens (tertiary/aromatic N) is 1. The first-order chi connectivity index (χ1) is 11.8. The van der Waals surface area contributed by atoms with Gasteiger partial charge < -0.3 is 15.5 Å². The Hall–Kier alpha value is -2.82. The van der Waals surface area contributed by atoms with Crippen LogP contribution in [0.3, 0.4) is 0 Å². The number of ketones is 1. The molecule has 0 aliphatic carbocycles. The van der Waals surface area contributed by atoms with Crippen molar-refractivity contribution in [3.05, 3.63) is 54.1 Å². The van der Waals surface area contributed by atoms with Crippen LogP contribution in [0.1, 0.15) is 31.1 Å². The van der Waals surface area contributed by atoms with E-state index in [1.54, 1.807) is 24.3 Å². The van der Waals surface area contributed by atoms with Crippen LogP contribution >= 0.6 is 0 Å². The molecule has 1 amide bonds. The quantitative estimate of drug-likeness (QED) is 0.838. The highest BCUT2D eigenvalue weighted by molar-refractivity contribution is 5.98. The van der Waals surface area contributed by atoms with Crippen molar-refractivity contribution in [2.45, 2.75) is 26.3 Å². The van der Waals surface area contributed by atoms with Crippen LogP contribution in [-0.4, -0.2) is 30.3 Å². The lowest BCUT2D eigenvalue weighted by Gasteiger charge is -2.41. The van der Waals surface area contributed by atoms with Gasteiger partial charge in [-0.25, -0.2) is 0 Å². The topological polar surface area (TPSA) is 61.4 Å². The van der Waals surface area contributed by atoms with Gasteiger partial charge in [0.05, 0.1) is 17.9 Å². The molecule has 0 fully saturated rings. The Morgan fingerprint density at radius 1 is 1.16 bits per heavy atom. The first kappa shape index (κ1) is 17.0. The number of hydrogen-bond donors (Lipinski definition) is 2. The van der Waals surface area contributed by atoms with Gasteiger partial charge in [-0.2, -0.15) is 0 Å². The van der Waals surface area contributed by atoms with Gasteiger partial charge in [0.15, 0.2) is 5.78 Å². The van der Waals surface area contributed by atoms with Crippen molar-refractivity contribution in [1.82, 2.24) is 0 Å². The van der Waals surface area contributed by atoms with Crippen molar-refractivity contribution in [2.75, 3.05) is 28.6 Å². The van der Waals surface area contributed by atoms with Crippen LogP contribution in [0.15, 0.2) is 48.5 Å². The number of Topliss-reactive ketones (excluding diaryl/α,β-unsaturated/α-hetero) is 1. The van der Waals surface area contributed by atoms with Gasteiger partial charge in [-0.1, -0.05) is 24.3 Å². The number of amides is 1. The summed E-state index contributed by atoms with van der Waals surface area (Å²) in [6, 6.07) is 15.0. The summed E-state index contributed by atoms with van der Waals surface area (Å²) in [7, 11) is 0. The molecule has 0 saturated heterocycles. The van der Waals surface area contributed by atoms with E-state index in [1.807, 2.05) is 24.3 Å². The molecule has 0 aromatic heterocycles. The lowest BCUT2D eigenvalue weighted by atomic mass is 9.99. The van der Waals surface area contributed by atoms with Gasteiger partial charge in [-0.05, 0) is 45.0 Å². The third-order valence-corrected chi connectivity index (χ3v) is 4.19. The Kier molecular flexibility index (Phi) is 4.49. The molecule has 2 aromatic rings. The molecule has 1 aliphatic rings. The molecule has 0 atom stereocenters. The van der Waals surface area contributed by atoms with E-state index in [9.17, 15) is 9.59 Å². The van der Waals surface area contributed by atoms with E-state index in [0.29, 0.717) is 11.3 Å². The van der Waals surface area contributed by atoms with E-state index in [1.165, 1.54) is 6.92 Å². The Bertz CT molecular complexity index is 814. The Morgan fingerprint density at radius 2 is 1.92 bits per heavy atom. The number of carbonyl (C=O) groups excluding carboxylic acids is 2. The van der Waals surface area contributed by atoms with Crippen molar-refractivity contribution in [3.63, 3.8) is 0 Å². The van der Waals surface area contributed by atoms with Crippen LogP contribution in [0.2, 0.25) is 0 Å². The van der Waals surface area contributed by atoms with Crippen LogP contribution in [0, 0.1) is 0 Å². The Labute approximate surface area is 148 Å². The number of fused-ring (bicyclic) bond motifs is 1. The van der Waals surface area contributed by atoms with Crippen molar-refractivity contribution in [1.29, 1.82) is 0 Å². The second kappa shape index (κ2) is 6.59. The number of rotatable bonds is 4. The zero-order valence-electron chi connectivity index (χ0n) is 14.8. The molecule has 1 aliphatic heterocycles. The highest BCUT2D eigenvalue weighted by atomic mass is 16.2. The molecule has 130 valence electrons. The number of hydrogen-bond acceptors (Lipinski definition) is 4. The summed E-state index contributed by atoms with van der Waals surface area (Å²) in [5.41, 5.74) is 3.16. The summed E-state index contributed by atoms with van der Waals surface area (Å²) < 4.78 is 0. The monoisotopic (exact) mass is 337 g/mol. The van der Waals surface area contributed by atoms with Gasteiger partial charge in [0.2, 0.25) is 5.91 Å². The van der Waals surface area contributed by atoms with Crippen molar-refractivity contribution >= 4 is 28.8 Å². The SMILES string of the molecule is CC(=O)c1cccc(NC(=O)CN2CC(C)(C)Nc3ccccc32)c1. The summed E-state index contributed by atoms with van der Waals surface area (Å²) >= 11 is 0. The molecule has 5 nitrogen and oxygen atoms in total. The molecule has 0 radical (unpaired) electrons. The second-order valence-corrected chi connectivity index (χ2v) is 7.07. The van der Waals surface area contributed by atoms with Crippen molar-refractivity contribution in [2.24, 2.45) is 0 Å². The fourth-order valence-electron chi connectivity index (χ4n) is 3.15. The van der Waals surface area contributed by atoms with E-state index in [0.717, 1.165) is 17.9 Å². The summed E-state index contributed by atoms with van der Waals surface area (Å²) in [5, 5.41) is 6.39. The molecule has 25 heavy (non-hydrogen) atoms. The molecule has 0 unspecified atom stereocenters. The molecule has 1 heterocycles. The minimum absolute atomic E-state index is 0.0196. The van der Waals surface area contributed by atoms with E-state index in [2.05, 4.69) is 29.4 Å². The average molecular weight is 337 g/mol. The van der Waals surface area contributed by atoms with Crippen LogP contribution in [0.5, 0.6) is 0 Å². The summed E-state index contributed by atoms with van der Waals surface area (Å²) in [5.74, 6) is -0.123. The van der Waals surface area contributed by atoms with Gasteiger partial charge in [-0.15, -0.1) is 0 Å². The maximum Gasteiger partial charge on any atom is 0.243 e. The molecule has 5 heteroatoms. The van der Waals surface area contributed by atoms with Crippen molar-refractivity contribution in [3.8, 4) is 0 Å². The fourth-order valence-corrected chi connectivity index (χ4v) is 3.15. The third kappa shape index (κ3) is 3.99. The van der Waals surface area contributed by atoms with Crippen LogP contribution < -0.4 is 15.5 Å². The summed E-state index contributed by atoms with van der Waals surface area (Å²) in [6.45, 7) is 6.73. The van der Waals surface area contributed by atoms with Crippen LogP contribution in [0.4, 0.5) is 17.1 Å². The van der Waals surface area contributed by atoms with Crippen LogP contribution in [-0.2, 0) is 4.79 Å². The van der Waals surface area contributed by atoms with Gasteiger partial charge in [-0.3, -0.25) is 9.59 Å². The first-order valence-corrected chi connectivity index (χ1v) is 8.37. The van der Waals surface area contributed by atoms with Gasteiger partial charge in [0, 0.05) is 23.3 Å². The van der Waals surface area contributed by atoms with Gasteiger partial charge >= 0.3 is 0 Å². The Morgan fingerprint density at radius 3 is 2.68 bits per heavy atom. The smallest absolute Gasteiger partial charge is 0.243 e. The van der Waals surface area contributed by atoms with E-state index in [-0.39, 0.29) is 23.8 Å². The molecule has 3 rings (SSSR count). The highest BCUT2D eigenvalue weighted by Crippen LogP contribution is 2.33. The average Bonchev–Trinajstić information content (AvgIpc) is 2.54. The third-order valence-electron chi connectivity index (χ3n) is 4.19. The maximum atomic E-state index is 12.5. The standard InChI is InChI=1S/C20H23N3O2/c1-14(24)15-7-6-8-16(11-15)21-19(25)12-23-13-20(2,3)22-17-9-4-5-10-18(17)23/h4-11,22H,12-13H2,1-3H3,(H,21,25). The summed E-state index contributed by atoms with van der Waals surface area (Å²) in [4.78, 5) is 26.1. The lowest BCUT2D eigenvalue weighted by molar-refractivity contribution is -0.115. The number of nitrogens with one attached hydrogen (secondary N) is 2. The van der Waals surface area contributed by atoms with Crippen molar-refractivity contribution < 1.29 is 9.59 Å². The molecule has 0 spiro atoms. The number of benzene rings is 2. The normalized spacial score (nSPS) is 15.1. The molecule has 2 aromatic carbocycles. The van der Waals surface area contributed by atoms with E-state index in [4.69, 9.17) is 0 Å². The number of carbonyl (C=O) groups is 2. The number of anilines is 3. The molecule has 0 saturated carbocycles. The largest absolute Gasteiger partial charge is 0.377 e. The molecule has 0 bridgehead atoms. The lowest BCUT2D eigenvalue weighted by Crippen LogP contribution is -2.50. The van der Waals surface area contributed by atoms with Gasteiger partial charge in [0.25, 0.3) is 0 Å². The summed E-state index contributed by atoms with van der Waals surface area (Å²) in [6.07, 6.45) is 0. The molecule has 2 N–H and O–H groups in total. The molecular weight excluding hydrogens is 314 g/mol. The second-order valence-electron chi connectivity index (χ2n) is 7.07. The maximum absolute atomic E-state index is 12.5. The minimum atomic E-state index is -0.122. The number of para-hydroxylation sites is 2. The fraction of sp³-hybridized carbons (Fsp3) is 0.300. The molecular formula is C20H23N3O2. The Balaban J connectivity index is 1.75. The minimum Gasteiger partial charge on any atom is -0.377 e. The predicted molar refractivity (Wildman–Crippen MR) is 101 cm³/mol. The zero-order valence-corrected chi connectivity index (χ0v) is 14.8. The van der Waals surface area contributed by atoms with E-state index < -0.39 is 0 Å². The van der Waals surface area contributed by atoms with Gasteiger partial charge in [0.1, 0.15) is 0 Å². The predicted octanol–water partition coefficient (Wildman–Crippen LogP) is 3.54.